The molecule has 0 radical (unpaired) electrons. The zero-order valence-electron chi connectivity index (χ0n) is 17.2. The highest BCUT2D eigenvalue weighted by molar-refractivity contribution is 6.31. The van der Waals surface area contributed by atoms with Gasteiger partial charge < -0.3 is 33.0 Å². The summed E-state index contributed by atoms with van der Waals surface area (Å²) in [5.41, 5.74) is 22.6. The van der Waals surface area contributed by atoms with Crippen LogP contribution in [0.1, 0.15) is 28.9 Å². The summed E-state index contributed by atoms with van der Waals surface area (Å²) < 4.78 is 5.41. The first-order valence-corrected chi connectivity index (χ1v) is 10.0. The summed E-state index contributed by atoms with van der Waals surface area (Å²) in [5.74, 6) is -1.18. The van der Waals surface area contributed by atoms with E-state index < -0.39 is 17.9 Å². The van der Waals surface area contributed by atoms with Crippen LogP contribution in [-0.2, 0) is 11.2 Å². The molecule has 1 heterocycles. The van der Waals surface area contributed by atoms with E-state index in [0.29, 0.717) is 12.3 Å². The van der Waals surface area contributed by atoms with Gasteiger partial charge in [-0.05, 0) is 37.0 Å². The topological polar surface area (TPSA) is 221 Å². The average molecular weight is 464 g/mol. The van der Waals surface area contributed by atoms with Crippen LogP contribution in [0.5, 0.6) is 5.75 Å². The number of rotatable bonds is 10. The lowest BCUT2D eigenvalue weighted by atomic mass is 10.1. The molecule has 1 aromatic carbocycles. The van der Waals surface area contributed by atoms with Crippen molar-refractivity contribution in [2.75, 3.05) is 24.6 Å². The maximum atomic E-state index is 12.1. The number of carbonyl (C=O) groups is 2. The maximum absolute atomic E-state index is 12.1. The normalized spacial score (nSPS) is 11.4. The summed E-state index contributed by atoms with van der Waals surface area (Å²) in [6, 6.07) is 6.59. The Morgan fingerprint density at radius 3 is 2.47 bits per heavy atom. The molecule has 0 saturated heterocycles. The van der Waals surface area contributed by atoms with Gasteiger partial charge in [-0.25, -0.2) is 9.97 Å². The van der Waals surface area contributed by atoms with Gasteiger partial charge in [-0.15, -0.1) is 0 Å². The number of aryl methyl sites for hydroxylation is 1. The van der Waals surface area contributed by atoms with Crippen LogP contribution in [0.3, 0.4) is 0 Å². The summed E-state index contributed by atoms with van der Waals surface area (Å²) >= 11 is 5.75. The predicted molar refractivity (Wildman–Crippen MR) is 121 cm³/mol. The molecule has 2 aromatic rings. The number of nitrogens with zero attached hydrogens (tertiary/aromatic N) is 2. The van der Waals surface area contributed by atoms with Gasteiger partial charge in [0.1, 0.15) is 18.4 Å². The largest absolute Gasteiger partial charge is 0.491 e. The van der Waals surface area contributed by atoms with E-state index >= 15 is 0 Å². The number of aromatic nitrogens is 2. The number of carbonyl (C=O) groups excluding carboxylic acids is 2. The molecule has 0 aliphatic heterocycles. The Morgan fingerprint density at radius 1 is 1.12 bits per heavy atom. The number of hydrogen-bond acceptors (Lipinski definition) is 9. The van der Waals surface area contributed by atoms with E-state index in [1.165, 1.54) is 0 Å². The van der Waals surface area contributed by atoms with Crippen molar-refractivity contribution in [2.24, 2.45) is 11.5 Å². The van der Waals surface area contributed by atoms with Crippen LogP contribution in [0.2, 0.25) is 5.15 Å². The SMILES string of the molecule is N=C(NCCCCc1ccc(OCC(N)C(N)=O)cc1)NC(=O)c1nc(Cl)c(N)nc1N. The first-order valence-electron chi connectivity index (χ1n) is 9.66. The number of nitrogens with one attached hydrogen (secondary N) is 3. The second-order valence-corrected chi connectivity index (χ2v) is 7.17. The van der Waals surface area contributed by atoms with Crippen LogP contribution >= 0.6 is 11.6 Å². The molecule has 1 unspecified atom stereocenters. The fourth-order valence-corrected chi connectivity index (χ4v) is 2.64. The number of amides is 2. The lowest BCUT2D eigenvalue weighted by Gasteiger charge is -2.11. The van der Waals surface area contributed by atoms with Crippen molar-refractivity contribution in [1.29, 1.82) is 5.41 Å². The van der Waals surface area contributed by atoms with Crippen molar-refractivity contribution in [1.82, 2.24) is 20.6 Å². The number of primary amides is 1. The monoisotopic (exact) mass is 463 g/mol. The Hall–Kier alpha value is -3.64. The molecule has 0 aliphatic rings. The Balaban J connectivity index is 1.67. The molecule has 0 fully saturated rings. The first-order chi connectivity index (χ1) is 15.2. The van der Waals surface area contributed by atoms with Crippen molar-refractivity contribution in [3.63, 3.8) is 0 Å². The van der Waals surface area contributed by atoms with E-state index in [4.69, 9.17) is 44.7 Å². The van der Waals surface area contributed by atoms with E-state index in [1.54, 1.807) is 12.1 Å². The minimum Gasteiger partial charge on any atom is -0.491 e. The minimum absolute atomic E-state index is 0.0212. The highest BCUT2D eigenvalue weighted by atomic mass is 35.5. The summed E-state index contributed by atoms with van der Waals surface area (Å²) in [7, 11) is 0. The van der Waals surface area contributed by atoms with Gasteiger partial charge in [0.2, 0.25) is 5.91 Å². The second kappa shape index (κ2) is 11.7. The predicted octanol–water partition coefficient (Wildman–Crippen LogP) is -0.237. The van der Waals surface area contributed by atoms with Gasteiger partial charge in [-0.2, -0.15) is 0 Å². The van der Waals surface area contributed by atoms with Crippen LogP contribution in [0.15, 0.2) is 24.3 Å². The minimum atomic E-state index is -0.847. The quantitative estimate of drug-likeness (QED) is 0.140. The molecule has 0 spiro atoms. The van der Waals surface area contributed by atoms with Gasteiger partial charge >= 0.3 is 0 Å². The van der Waals surface area contributed by atoms with E-state index in [-0.39, 0.29) is 35.0 Å². The molecule has 0 aliphatic carbocycles. The molecule has 172 valence electrons. The molecule has 32 heavy (non-hydrogen) atoms. The van der Waals surface area contributed by atoms with Crippen molar-refractivity contribution in [3.05, 3.63) is 40.7 Å². The van der Waals surface area contributed by atoms with E-state index in [9.17, 15) is 9.59 Å². The summed E-state index contributed by atoms with van der Waals surface area (Å²) in [5, 5.41) is 12.8. The first kappa shape index (κ1) is 24.6. The Bertz CT molecular complexity index is 969. The van der Waals surface area contributed by atoms with E-state index in [2.05, 4.69) is 20.6 Å². The molecule has 2 amide bonds. The number of anilines is 2. The molecule has 1 atom stereocenters. The molecule has 2 rings (SSSR count). The number of nitrogens with two attached hydrogens (primary N) is 4. The van der Waals surface area contributed by atoms with Crippen molar-refractivity contribution in [2.45, 2.75) is 25.3 Å². The van der Waals surface area contributed by atoms with Crippen molar-refractivity contribution in [3.8, 4) is 5.75 Å². The van der Waals surface area contributed by atoms with Gasteiger partial charge in [0.05, 0.1) is 0 Å². The van der Waals surface area contributed by atoms with Crippen LogP contribution in [-0.4, -0.2) is 46.9 Å². The number of nitrogen functional groups attached to an aromatic ring is 2. The lowest BCUT2D eigenvalue weighted by Crippen LogP contribution is -2.41. The number of hydrogen-bond donors (Lipinski definition) is 7. The summed E-state index contributed by atoms with van der Waals surface area (Å²) in [6.07, 6.45) is 2.44. The standard InChI is InChI=1S/C19H26ClN9O3/c20-14-16(23)28-15(22)13(27-14)18(31)29-19(25)26-8-2-1-3-10-4-6-11(7-5-10)32-9-12(21)17(24)30/h4-7,12H,1-3,8-9,21H2,(H2,24,30)(H4,22,23,28)(H3,25,26,29,31). The van der Waals surface area contributed by atoms with E-state index in [1.807, 2.05) is 12.1 Å². The van der Waals surface area contributed by atoms with Crippen LogP contribution < -0.4 is 38.3 Å². The number of benzene rings is 1. The highest BCUT2D eigenvalue weighted by Gasteiger charge is 2.17. The fourth-order valence-electron chi connectivity index (χ4n) is 2.51. The third-order valence-electron chi connectivity index (χ3n) is 4.27. The molecule has 12 nitrogen and oxygen atoms in total. The summed E-state index contributed by atoms with van der Waals surface area (Å²) in [4.78, 5) is 30.6. The van der Waals surface area contributed by atoms with Crippen molar-refractivity contribution >= 4 is 41.0 Å². The van der Waals surface area contributed by atoms with Crippen LogP contribution in [0.4, 0.5) is 11.6 Å². The lowest BCUT2D eigenvalue weighted by molar-refractivity contribution is -0.119. The molecule has 13 heteroatoms. The summed E-state index contributed by atoms with van der Waals surface area (Å²) in [6.45, 7) is 0.502. The second-order valence-electron chi connectivity index (χ2n) is 6.81. The Labute approximate surface area is 189 Å². The van der Waals surface area contributed by atoms with Gasteiger partial charge in [0.15, 0.2) is 28.4 Å². The molecule has 1 aromatic heterocycles. The fraction of sp³-hybridized carbons (Fsp3) is 0.316. The highest BCUT2D eigenvalue weighted by Crippen LogP contribution is 2.17. The molecule has 11 N–H and O–H groups in total. The van der Waals surface area contributed by atoms with Gasteiger partial charge in [0, 0.05) is 6.54 Å². The number of unbranched alkanes of at least 4 members (excludes halogenated alkanes) is 1. The van der Waals surface area contributed by atoms with Gasteiger partial charge in [-0.3, -0.25) is 20.3 Å². The van der Waals surface area contributed by atoms with Crippen molar-refractivity contribution < 1.29 is 14.3 Å². The van der Waals surface area contributed by atoms with Gasteiger partial charge in [-0.1, -0.05) is 23.7 Å². The molecule has 0 saturated carbocycles. The molecular formula is C19H26ClN9O3. The number of guanidine groups is 1. The molecule has 0 bridgehead atoms. The molecular weight excluding hydrogens is 438 g/mol. The maximum Gasteiger partial charge on any atom is 0.280 e. The zero-order chi connectivity index (χ0) is 23.7. The average Bonchev–Trinajstić information content (AvgIpc) is 2.74. The number of ether oxygens (including phenoxy) is 1. The van der Waals surface area contributed by atoms with E-state index in [0.717, 1.165) is 24.8 Å². The van der Waals surface area contributed by atoms with Crippen LogP contribution in [0.25, 0.3) is 0 Å². The smallest absolute Gasteiger partial charge is 0.280 e. The Morgan fingerprint density at radius 2 is 1.81 bits per heavy atom. The third kappa shape index (κ3) is 7.56. The van der Waals surface area contributed by atoms with Crippen LogP contribution in [0, 0.1) is 5.41 Å². The third-order valence-corrected chi connectivity index (χ3v) is 4.55. The Kier molecular flexibility index (Phi) is 8.98. The zero-order valence-corrected chi connectivity index (χ0v) is 18.0. The number of halogens is 1. The van der Waals surface area contributed by atoms with Gasteiger partial charge in [0.25, 0.3) is 5.91 Å².